The maximum atomic E-state index is 11.7. The molecule has 0 amide bonds. The molecule has 0 radical (unpaired) electrons. The summed E-state index contributed by atoms with van der Waals surface area (Å²) >= 11 is 12.2. The van der Waals surface area contributed by atoms with Gasteiger partial charge in [0, 0.05) is 22.0 Å². The van der Waals surface area contributed by atoms with Crippen LogP contribution in [0.3, 0.4) is 0 Å². The van der Waals surface area contributed by atoms with Gasteiger partial charge in [0.1, 0.15) is 11.8 Å². The van der Waals surface area contributed by atoms with Crippen molar-refractivity contribution in [3.05, 3.63) is 63.6 Å². The van der Waals surface area contributed by atoms with Crippen molar-refractivity contribution in [2.75, 3.05) is 7.11 Å². The lowest BCUT2D eigenvalue weighted by Crippen LogP contribution is -2.35. The molecule has 0 aliphatic carbocycles. The van der Waals surface area contributed by atoms with Crippen LogP contribution in [0.25, 0.3) is 0 Å². The number of ether oxygens (including phenoxy) is 1. The molecule has 1 saturated heterocycles. The van der Waals surface area contributed by atoms with Gasteiger partial charge in [-0.05, 0) is 41.8 Å². The van der Waals surface area contributed by atoms with E-state index in [0.29, 0.717) is 16.5 Å². The van der Waals surface area contributed by atoms with Crippen LogP contribution in [-0.2, 0) is 4.79 Å². The number of rotatable bonds is 4. The van der Waals surface area contributed by atoms with Crippen LogP contribution in [0, 0.1) is 0 Å². The molecule has 0 bridgehead atoms. The normalized spacial score (nSPS) is 23.2. The van der Waals surface area contributed by atoms with Gasteiger partial charge in [-0.25, -0.2) is 0 Å². The fraction of sp³-hybridized carbons (Fsp3) is 0.278. The second-order valence-corrected chi connectivity index (χ2v) is 6.66. The van der Waals surface area contributed by atoms with Crippen LogP contribution in [0.15, 0.2) is 42.5 Å². The molecule has 24 heavy (non-hydrogen) atoms. The molecule has 0 saturated carbocycles. The number of methoxy groups -OCH3 is 1. The Bertz CT molecular complexity index is 748. The summed E-state index contributed by atoms with van der Waals surface area (Å²) in [5.41, 5.74) is 1.83. The third-order valence-electron chi connectivity index (χ3n) is 4.42. The van der Waals surface area contributed by atoms with Gasteiger partial charge in [-0.2, -0.15) is 0 Å². The van der Waals surface area contributed by atoms with Gasteiger partial charge in [-0.1, -0.05) is 41.4 Å². The predicted octanol–water partition coefficient (Wildman–Crippen LogP) is 4.27. The van der Waals surface area contributed by atoms with E-state index in [1.54, 1.807) is 19.2 Å². The highest BCUT2D eigenvalue weighted by Crippen LogP contribution is 2.40. The Labute approximate surface area is 150 Å². The monoisotopic (exact) mass is 365 g/mol. The van der Waals surface area contributed by atoms with Gasteiger partial charge < -0.3 is 9.84 Å². The van der Waals surface area contributed by atoms with Crippen molar-refractivity contribution in [1.82, 2.24) is 5.32 Å². The second-order valence-electron chi connectivity index (χ2n) is 5.82. The Balaban J connectivity index is 1.90. The molecule has 126 valence electrons. The number of halogens is 2. The molecule has 2 aromatic carbocycles. The molecule has 3 atom stereocenters. The fourth-order valence-electron chi connectivity index (χ4n) is 3.21. The van der Waals surface area contributed by atoms with Crippen molar-refractivity contribution in [1.29, 1.82) is 0 Å². The number of carbonyl (C=O) groups is 1. The zero-order chi connectivity index (χ0) is 17.3. The van der Waals surface area contributed by atoms with Crippen LogP contribution in [-0.4, -0.2) is 24.2 Å². The fourth-order valence-corrected chi connectivity index (χ4v) is 3.76. The number of benzene rings is 2. The van der Waals surface area contributed by atoms with Crippen molar-refractivity contribution in [3.8, 4) is 5.75 Å². The largest absolute Gasteiger partial charge is 0.497 e. The average Bonchev–Trinajstić information content (AvgIpc) is 3.00. The molecule has 3 unspecified atom stereocenters. The van der Waals surface area contributed by atoms with Crippen molar-refractivity contribution in [2.24, 2.45) is 0 Å². The molecule has 1 fully saturated rings. The van der Waals surface area contributed by atoms with Gasteiger partial charge in [-0.3, -0.25) is 10.1 Å². The van der Waals surface area contributed by atoms with E-state index < -0.39 is 12.0 Å². The number of carboxylic acid groups (broad SMARTS) is 1. The molecule has 2 aromatic rings. The van der Waals surface area contributed by atoms with E-state index in [4.69, 9.17) is 27.9 Å². The van der Waals surface area contributed by atoms with Crippen molar-refractivity contribution < 1.29 is 14.6 Å². The minimum absolute atomic E-state index is 0.136. The average molecular weight is 366 g/mol. The van der Waals surface area contributed by atoms with Gasteiger partial charge in [0.05, 0.1) is 7.11 Å². The Morgan fingerprint density at radius 3 is 2.50 bits per heavy atom. The highest BCUT2D eigenvalue weighted by Gasteiger charge is 2.40. The molecule has 0 spiro atoms. The van der Waals surface area contributed by atoms with E-state index in [1.807, 2.05) is 30.3 Å². The smallest absolute Gasteiger partial charge is 0.321 e. The quantitative estimate of drug-likeness (QED) is 0.848. The third-order valence-corrected chi connectivity index (χ3v) is 4.98. The summed E-state index contributed by atoms with van der Waals surface area (Å²) in [4.78, 5) is 11.7. The Kier molecular flexibility index (Phi) is 4.99. The van der Waals surface area contributed by atoms with E-state index in [9.17, 15) is 9.90 Å². The second kappa shape index (κ2) is 7.01. The summed E-state index contributed by atoms with van der Waals surface area (Å²) in [6, 6.07) is 12.0. The molecule has 6 heteroatoms. The molecular weight excluding hydrogens is 349 g/mol. The van der Waals surface area contributed by atoms with Crippen LogP contribution in [0.5, 0.6) is 5.75 Å². The zero-order valence-electron chi connectivity index (χ0n) is 13.0. The van der Waals surface area contributed by atoms with Crippen molar-refractivity contribution >= 4 is 29.2 Å². The Hall–Kier alpha value is -1.75. The Morgan fingerprint density at radius 2 is 1.92 bits per heavy atom. The van der Waals surface area contributed by atoms with E-state index in [-0.39, 0.29) is 12.0 Å². The summed E-state index contributed by atoms with van der Waals surface area (Å²) in [5, 5.41) is 13.9. The van der Waals surface area contributed by atoms with E-state index in [2.05, 4.69) is 5.32 Å². The summed E-state index contributed by atoms with van der Waals surface area (Å²) in [5.74, 6) is -0.276. The van der Waals surface area contributed by atoms with Crippen LogP contribution >= 0.6 is 23.2 Å². The lowest BCUT2D eigenvalue weighted by atomic mass is 9.89. The highest BCUT2D eigenvalue weighted by molar-refractivity contribution is 6.35. The van der Waals surface area contributed by atoms with Gasteiger partial charge in [-0.15, -0.1) is 0 Å². The van der Waals surface area contributed by atoms with Crippen molar-refractivity contribution in [3.63, 3.8) is 0 Å². The van der Waals surface area contributed by atoms with Gasteiger partial charge in [0.25, 0.3) is 0 Å². The van der Waals surface area contributed by atoms with E-state index >= 15 is 0 Å². The van der Waals surface area contributed by atoms with E-state index in [0.717, 1.165) is 16.9 Å². The molecular formula is C18H17Cl2NO3. The van der Waals surface area contributed by atoms with Crippen LogP contribution in [0.2, 0.25) is 10.0 Å². The van der Waals surface area contributed by atoms with Crippen LogP contribution in [0.4, 0.5) is 0 Å². The van der Waals surface area contributed by atoms with Gasteiger partial charge in [0.15, 0.2) is 0 Å². The van der Waals surface area contributed by atoms with Gasteiger partial charge in [0.2, 0.25) is 0 Å². The first-order valence-electron chi connectivity index (χ1n) is 7.57. The maximum absolute atomic E-state index is 11.7. The minimum Gasteiger partial charge on any atom is -0.497 e. The summed E-state index contributed by atoms with van der Waals surface area (Å²) in [7, 11) is 1.60. The van der Waals surface area contributed by atoms with Crippen LogP contribution in [0.1, 0.15) is 29.5 Å². The number of carboxylic acids is 1. The number of aliphatic carboxylic acids is 1. The number of hydrogen-bond acceptors (Lipinski definition) is 3. The zero-order valence-corrected chi connectivity index (χ0v) is 14.5. The first-order valence-corrected chi connectivity index (χ1v) is 8.33. The maximum Gasteiger partial charge on any atom is 0.321 e. The SMILES string of the molecule is COc1ccc(C2CC(c3ccc(Cl)cc3Cl)NC2C(=O)O)cc1. The lowest BCUT2D eigenvalue weighted by Gasteiger charge is -2.15. The molecule has 2 N–H and O–H groups in total. The molecule has 0 aromatic heterocycles. The highest BCUT2D eigenvalue weighted by atomic mass is 35.5. The van der Waals surface area contributed by atoms with E-state index in [1.165, 1.54) is 0 Å². The number of nitrogens with one attached hydrogen (secondary N) is 1. The summed E-state index contributed by atoms with van der Waals surface area (Å²) in [6.07, 6.45) is 0.643. The molecule has 1 heterocycles. The molecule has 4 nitrogen and oxygen atoms in total. The first kappa shape index (κ1) is 17.1. The lowest BCUT2D eigenvalue weighted by molar-refractivity contribution is -0.139. The predicted molar refractivity (Wildman–Crippen MR) is 94.1 cm³/mol. The standard InChI is InChI=1S/C18H17Cl2NO3/c1-24-12-5-2-10(3-6-12)14-9-16(21-17(14)18(22)23)13-7-4-11(19)8-15(13)20/h2-8,14,16-17,21H,9H2,1H3,(H,22,23). The topological polar surface area (TPSA) is 58.6 Å². The molecule has 3 rings (SSSR count). The number of hydrogen-bond donors (Lipinski definition) is 2. The van der Waals surface area contributed by atoms with Crippen molar-refractivity contribution in [2.45, 2.75) is 24.4 Å². The third kappa shape index (κ3) is 3.36. The molecule has 1 aliphatic rings. The Morgan fingerprint density at radius 1 is 1.21 bits per heavy atom. The first-order chi connectivity index (χ1) is 11.5. The van der Waals surface area contributed by atoms with Gasteiger partial charge >= 0.3 is 5.97 Å². The minimum atomic E-state index is -0.872. The summed E-state index contributed by atoms with van der Waals surface area (Å²) in [6.45, 7) is 0. The van der Waals surface area contributed by atoms with Crippen LogP contribution < -0.4 is 10.1 Å². The summed E-state index contributed by atoms with van der Waals surface area (Å²) < 4.78 is 5.16. The molecule has 1 aliphatic heterocycles.